The summed E-state index contributed by atoms with van der Waals surface area (Å²) in [5.41, 5.74) is 0.720. The van der Waals surface area contributed by atoms with Crippen LogP contribution >= 0.6 is 27.5 Å². The van der Waals surface area contributed by atoms with E-state index >= 15 is 0 Å². The van der Waals surface area contributed by atoms with Gasteiger partial charge in [-0.15, -0.1) is 0 Å². The largest absolute Gasteiger partial charge is 0.460 e. The minimum atomic E-state index is -1.50. The summed E-state index contributed by atoms with van der Waals surface area (Å²) in [4.78, 5) is 2.98. The summed E-state index contributed by atoms with van der Waals surface area (Å²) in [6.07, 6.45) is -5.17. The lowest BCUT2D eigenvalue weighted by Crippen LogP contribution is -2.60. The molecule has 1 aliphatic rings. The molecule has 7 nitrogen and oxygen atoms in total. The molecule has 126 valence electrons. The average molecular weight is 409 g/mol. The van der Waals surface area contributed by atoms with Gasteiger partial charge in [-0.2, -0.15) is 0 Å². The lowest BCUT2D eigenvalue weighted by atomic mass is 9.99. The summed E-state index contributed by atoms with van der Waals surface area (Å²) in [5, 5.41) is 39.8. The summed E-state index contributed by atoms with van der Waals surface area (Å²) < 4.78 is 11.6. The number of rotatable bonds is 3. The van der Waals surface area contributed by atoms with Gasteiger partial charge < -0.3 is 34.9 Å². The van der Waals surface area contributed by atoms with E-state index in [0.29, 0.717) is 20.6 Å². The van der Waals surface area contributed by atoms with Gasteiger partial charge in [-0.3, -0.25) is 0 Å². The third-order valence-corrected chi connectivity index (χ3v) is 5.07. The maximum atomic E-state index is 10.0. The molecule has 1 aromatic heterocycles. The quantitative estimate of drug-likeness (QED) is 0.512. The molecule has 0 saturated carbocycles. The van der Waals surface area contributed by atoms with Crippen molar-refractivity contribution in [1.82, 2.24) is 4.98 Å². The standard InChI is InChI=1S/C14H15BrClNO6/c15-5-1-2-6-9(10(5)16)7(3-17-6)22-14-13(21)12(20)11(19)8(4-18)23-14/h1-3,8,11-14,17-21H,4H2/t8?,11-,12?,13?,14+/m0/s1. The monoisotopic (exact) mass is 407 g/mol. The molecule has 5 N–H and O–H groups in total. The van der Waals surface area contributed by atoms with E-state index in [2.05, 4.69) is 20.9 Å². The van der Waals surface area contributed by atoms with Crippen molar-refractivity contribution in [3.8, 4) is 5.75 Å². The summed E-state index contributed by atoms with van der Waals surface area (Å²) in [6.45, 7) is -0.523. The molecule has 5 atom stereocenters. The van der Waals surface area contributed by atoms with Gasteiger partial charge in [0.25, 0.3) is 0 Å². The number of aromatic amines is 1. The second kappa shape index (κ2) is 6.56. The van der Waals surface area contributed by atoms with Crippen LogP contribution in [0, 0.1) is 0 Å². The van der Waals surface area contributed by atoms with Crippen molar-refractivity contribution in [3.63, 3.8) is 0 Å². The highest BCUT2D eigenvalue weighted by atomic mass is 79.9. The van der Waals surface area contributed by atoms with Crippen LogP contribution in [-0.4, -0.2) is 62.7 Å². The van der Waals surface area contributed by atoms with Gasteiger partial charge in [0, 0.05) is 10.7 Å². The molecule has 0 bridgehead atoms. The minimum Gasteiger partial charge on any atom is -0.460 e. The molecule has 0 amide bonds. The molecule has 23 heavy (non-hydrogen) atoms. The second-order valence-electron chi connectivity index (χ2n) is 5.25. The Balaban J connectivity index is 1.91. The van der Waals surface area contributed by atoms with Gasteiger partial charge in [-0.05, 0) is 28.1 Å². The van der Waals surface area contributed by atoms with E-state index < -0.39 is 37.3 Å². The third-order valence-electron chi connectivity index (χ3n) is 3.79. The topological polar surface area (TPSA) is 115 Å². The lowest BCUT2D eigenvalue weighted by molar-refractivity contribution is -0.277. The normalized spacial score (nSPS) is 31.5. The first-order valence-electron chi connectivity index (χ1n) is 6.86. The van der Waals surface area contributed by atoms with Crippen LogP contribution in [0.25, 0.3) is 10.9 Å². The lowest BCUT2D eigenvalue weighted by Gasteiger charge is -2.39. The highest BCUT2D eigenvalue weighted by molar-refractivity contribution is 9.10. The van der Waals surface area contributed by atoms with Crippen molar-refractivity contribution in [2.75, 3.05) is 6.61 Å². The first kappa shape index (κ1) is 17.0. The number of aromatic nitrogens is 1. The molecule has 1 saturated heterocycles. The van der Waals surface area contributed by atoms with Crippen LogP contribution in [0.1, 0.15) is 0 Å². The third kappa shape index (κ3) is 2.96. The van der Waals surface area contributed by atoms with E-state index in [4.69, 9.17) is 21.1 Å². The number of aliphatic hydroxyl groups is 4. The fraction of sp³-hybridized carbons (Fsp3) is 0.429. The molecule has 3 unspecified atom stereocenters. The summed E-state index contributed by atoms with van der Waals surface area (Å²) in [6, 6.07) is 3.57. The number of hydrogen-bond donors (Lipinski definition) is 5. The number of halogens is 2. The molecule has 0 spiro atoms. The molecule has 9 heteroatoms. The molecular formula is C14H15BrClNO6. The van der Waals surface area contributed by atoms with Gasteiger partial charge in [-0.1, -0.05) is 11.6 Å². The summed E-state index contributed by atoms with van der Waals surface area (Å²) in [5.74, 6) is 0.315. The molecule has 3 rings (SSSR count). The Morgan fingerprint density at radius 1 is 1.22 bits per heavy atom. The van der Waals surface area contributed by atoms with Gasteiger partial charge >= 0.3 is 0 Å². The van der Waals surface area contributed by atoms with Gasteiger partial charge in [0.1, 0.15) is 30.2 Å². The predicted molar refractivity (Wildman–Crippen MR) is 85.4 cm³/mol. The number of hydrogen-bond acceptors (Lipinski definition) is 6. The highest BCUT2D eigenvalue weighted by Gasteiger charge is 2.44. The minimum absolute atomic E-state index is 0.315. The molecule has 2 aromatic rings. The van der Waals surface area contributed by atoms with Crippen molar-refractivity contribution in [2.45, 2.75) is 30.7 Å². The van der Waals surface area contributed by atoms with Crippen LogP contribution < -0.4 is 4.74 Å². The van der Waals surface area contributed by atoms with Crippen LogP contribution in [0.15, 0.2) is 22.8 Å². The number of aliphatic hydroxyl groups excluding tert-OH is 4. The molecule has 1 fully saturated rings. The number of fused-ring (bicyclic) bond motifs is 1. The zero-order chi connectivity index (χ0) is 16.7. The molecule has 0 aliphatic carbocycles. The summed E-state index contributed by atoms with van der Waals surface area (Å²) in [7, 11) is 0. The number of H-pyrrole nitrogens is 1. The van der Waals surface area contributed by atoms with Crippen molar-refractivity contribution in [2.24, 2.45) is 0 Å². The fourth-order valence-corrected chi connectivity index (χ4v) is 3.10. The molecule has 1 aromatic carbocycles. The molecule has 1 aliphatic heterocycles. The van der Waals surface area contributed by atoms with Crippen LogP contribution in [-0.2, 0) is 4.74 Å². The second-order valence-corrected chi connectivity index (χ2v) is 6.48. The number of benzene rings is 1. The van der Waals surface area contributed by atoms with E-state index in [1.54, 1.807) is 18.3 Å². The van der Waals surface area contributed by atoms with Crippen LogP contribution in [0.3, 0.4) is 0 Å². The average Bonchev–Trinajstić information content (AvgIpc) is 2.95. The van der Waals surface area contributed by atoms with E-state index in [1.165, 1.54) is 0 Å². The maximum absolute atomic E-state index is 10.0. The molecular weight excluding hydrogens is 394 g/mol. The Bertz CT molecular complexity index is 708. The van der Waals surface area contributed by atoms with Crippen LogP contribution in [0.2, 0.25) is 5.02 Å². The number of nitrogens with one attached hydrogen (secondary N) is 1. The van der Waals surface area contributed by atoms with Crippen molar-refractivity contribution in [1.29, 1.82) is 0 Å². The van der Waals surface area contributed by atoms with E-state index in [0.717, 1.165) is 5.52 Å². The Morgan fingerprint density at radius 3 is 2.65 bits per heavy atom. The Hall–Kier alpha value is -0.870. The number of ether oxygens (including phenoxy) is 2. The van der Waals surface area contributed by atoms with Crippen LogP contribution in [0.5, 0.6) is 5.75 Å². The Morgan fingerprint density at radius 2 is 1.96 bits per heavy atom. The Labute approximate surface area is 144 Å². The fourth-order valence-electron chi connectivity index (χ4n) is 2.51. The van der Waals surface area contributed by atoms with Crippen molar-refractivity contribution >= 4 is 38.4 Å². The zero-order valence-corrected chi connectivity index (χ0v) is 14.0. The summed E-state index contributed by atoms with van der Waals surface area (Å²) >= 11 is 9.58. The highest BCUT2D eigenvalue weighted by Crippen LogP contribution is 2.38. The first-order valence-corrected chi connectivity index (χ1v) is 8.03. The Kier molecular flexibility index (Phi) is 4.84. The van der Waals surface area contributed by atoms with Gasteiger partial charge in [0.2, 0.25) is 6.29 Å². The maximum Gasteiger partial charge on any atom is 0.229 e. The van der Waals surface area contributed by atoms with E-state index in [1.807, 2.05) is 0 Å². The zero-order valence-electron chi connectivity index (χ0n) is 11.7. The van der Waals surface area contributed by atoms with Crippen molar-refractivity contribution in [3.05, 3.63) is 27.8 Å². The first-order chi connectivity index (χ1) is 10.9. The predicted octanol–water partition coefficient (Wildman–Crippen LogP) is 0.762. The SMILES string of the molecule is OCC1O[C@@H](Oc2c[nH]c3ccc(Br)c(Cl)c23)C(O)C(O)[C@H]1O. The van der Waals surface area contributed by atoms with E-state index in [-0.39, 0.29) is 0 Å². The molecule has 0 radical (unpaired) electrons. The smallest absolute Gasteiger partial charge is 0.229 e. The van der Waals surface area contributed by atoms with Crippen LogP contribution in [0.4, 0.5) is 0 Å². The van der Waals surface area contributed by atoms with Gasteiger partial charge in [0.15, 0.2) is 0 Å². The van der Waals surface area contributed by atoms with Gasteiger partial charge in [-0.25, -0.2) is 0 Å². The van der Waals surface area contributed by atoms with Crippen molar-refractivity contribution < 1.29 is 29.9 Å². The van der Waals surface area contributed by atoms with Gasteiger partial charge in [0.05, 0.1) is 22.5 Å². The van der Waals surface area contributed by atoms with E-state index in [9.17, 15) is 20.4 Å². The molecule has 2 heterocycles.